The molecule has 0 bridgehead atoms. The van der Waals surface area contributed by atoms with Crippen LogP contribution >= 0.6 is 11.6 Å². The summed E-state index contributed by atoms with van der Waals surface area (Å²) in [7, 11) is -3.46. The number of hydrogen-bond donors (Lipinski definition) is 2. The maximum Gasteiger partial charge on any atom is 0.257 e. The Kier molecular flexibility index (Phi) is 4.53. The van der Waals surface area contributed by atoms with Crippen LogP contribution in [-0.2, 0) is 10.0 Å². The van der Waals surface area contributed by atoms with E-state index >= 15 is 0 Å². The molecule has 4 rings (SSSR count). The van der Waals surface area contributed by atoms with E-state index in [-0.39, 0.29) is 18.0 Å². The molecule has 0 fully saturated rings. The number of benzene rings is 2. The van der Waals surface area contributed by atoms with Gasteiger partial charge >= 0.3 is 0 Å². The Morgan fingerprint density at radius 3 is 2.48 bits per heavy atom. The molecule has 7 nitrogen and oxygen atoms in total. The average molecular weight is 404 g/mol. The van der Waals surface area contributed by atoms with Crippen molar-refractivity contribution in [2.24, 2.45) is 0 Å². The molecule has 9 heteroatoms. The van der Waals surface area contributed by atoms with E-state index < -0.39 is 10.0 Å². The molecule has 3 aromatic rings. The molecule has 1 aromatic heterocycles. The standard InChI is InChI=1S/C18H18ClN5O2S/c1-27(25,26)23-17-21-18-20-15(12-5-3-2-4-6-12)11-16(24(18)22-17)13-7-9-14(19)10-8-13/h2-10,15-16H,11H2,1H3,(H2,20,21,22,23)/t15-,16-/m1/s1. The molecule has 1 aliphatic rings. The van der Waals surface area contributed by atoms with E-state index in [1.807, 2.05) is 42.5 Å². The van der Waals surface area contributed by atoms with E-state index in [1.165, 1.54) is 0 Å². The van der Waals surface area contributed by atoms with Crippen LogP contribution in [0, 0.1) is 0 Å². The van der Waals surface area contributed by atoms with E-state index in [4.69, 9.17) is 11.6 Å². The number of nitrogens with zero attached hydrogens (tertiary/aromatic N) is 3. The number of aromatic nitrogens is 3. The van der Waals surface area contributed by atoms with Gasteiger partial charge in [-0.05, 0) is 29.7 Å². The van der Waals surface area contributed by atoms with Gasteiger partial charge < -0.3 is 5.32 Å². The SMILES string of the molecule is CS(=O)(=O)Nc1nc2n(n1)[C@@H](c1ccc(Cl)cc1)C[C@H](c1ccccc1)N2. The molecule has 0 saturated heterocycles. The van der Waals surface area contributed by atoms with Gasteiger partial charge in [-0.2, -0.15) is 4.98 Å². The average Bonchev–Trinajstić information content (AvgIpc) is 3.02. The second-order valence-electron chi connectivity index (χ2n) is 6.49. The van der Waals surface area contributed by atoms with Gasteiger partial charge in [0.2, 0.25) is 16.0 Å². The summed E-state index contributed by atoms with van der Waals surface area (Å²) < 4.78 is 27.2. The lowest BCUT2D eigenvalue weighted by atomic mass is 9.93. The summed E-state index contributed by atoms with van der Waals surface area (Å²) in [6, 6.07) is 17.6. The number of halogens is 1. The van der Waals surface area contributed by atoms with Crippen molar-refractivity contribution in [1.29, 1.82) is 0 Å². The van der Waals surface area contributed by atoms with Crippen molar-refractivity contribution >= 4 is 33.5 Å². The number of hydrogen-bond acceptors (Lipinski definition) is 5. The van der Waals surface area contributed by atoms with E-state index in [1.54, 1.807) is 4.68 Å². The quantitative estimate of drug-likeness (QED) is 0.696. The Balaban J connectivity index is 1.76. The number of fused-ring (bicyclic) bond motifs is 1. The summed E-state index contributed by atoms with van der Waals surface area (Å²) in [6.45, 7) is 0. The maximum atomic E-state index is 11.6. The van der Waals surface area contributed by atoms with Crippen molar-refractivity contribution < 1.29 is 8.42 Å². The molecule has 1 aliphatic heterocycles. The van der Waals surface area contributed by atoms with Crippen LogP contribution < -0.4 is 10.0 Å². The minimum atomic E-state index is -3.46. The molecule has 2 aromatic carbocycles. The Labute approximate surface area is 162 Å². The molecule has 140 valence electrons. The molecule has 0 aliphatic carbocycles. The predicted octanol–water partition coefficient (Wildman–Crippen LogP) is 3.45. The van der Waals surface area contributed by atoms with Crippen molar-refractivity contribution in [2.45, 2.75) is 18.5 Å². The Hall–Kier alpha value is -2.58. The minimum absolute atomic E-state index is 0.0228. The lowest BCUT2D eigenvalue weighted by Crippen LogP contribution is -2.28. The third-order valence-electron chi connectivity index (χ3n) is 4.42. The number of anilines is 2. The van der Waals surface area contributed by atoms with Gasteiger partial charge in [0, 0.05) is 5.02 Å². The van der Waals surface area contributed by atoms with Crippen LogP contribution in [0.3, 0.4) is 0 Å². The zero-order valence-electron chi connectivity index (χ0n) is 14.5. The fourth-order valence-corrected chi connectivity index (χ4v) is 3.80. The predicted molar refractivity (Wildman–Crippen MR) is 106 cm³/mol. The van der Waals surface area contributed by atoms with E-state index in [0.717, 1.165) is 23.8 Å². The van der Waals surface area contributed by atoms with E-state index in [9.17, 15) is 8.42 Å². The largest absolute Gasteiger partial charge is 0.347 e. The molecular weight excluding hydrogens is 386 g/mol. The first kappa shape index (κ1) is 17.8. The zero-order valence-corrected chi connectivity index (χ0v) is 16.1. The number of nitrogens with one attached hydrogen (secondary N) is 2. The van der Waals surface area contributed by atoms with E-state index in [2.05, 4.69) is 32.3 Å². The molecule has 2 N–H and O–H groups in total. The minimum Gasteiger partial charge on any atom is -0.347 e. The maximum absolute atomic E-state index is 11.6. The second kappa shape index (κ2) is 6.86. The fourth-order valence-electron chi connectivity index (χ4n) is 3.25. The van der Waals surface area contributed by atoms with Crippen LogP contribution in [0.4, 0.5) is 11.9 Å². The van der Waals surface area contributed by atoms with Gasteiger partial charge in [0.25, 0.3) is 5.95 Å². The molecule has 0 amide bonds. The van der Waals surface area contributed by atoms with Crippen molar-refractivity contribution in [3.05, 3.63) is 70.7 Å². The topological polar surface area (TPSA) is 88.9 Å². The van der Waals surface area contributed by atoms with Crippen molar-refractivity contribution in [2.75, 3.05) is 16.3 Å². The van der Waals surface area contributed by atoms with Crippen molar-refractivity contribution in [1.82, 2.24) is 14.8 Å². The normalized spacial score (nSPS) is 19.2. The monoisotopic (exact) mass is 403 g/mol. The van der Waals surface area contributed by atoms with Gasteiger partial charge in [0.1, 0.15) is 0 Å². The third-order valence-corrected chi connectivity index (χ3v) is 5.23. The highest BCUT2D eigenvalue weighted by atomic mass is 35.5. The first-order valence-corrected chi connectivity index (χ1v) is 10.7. The first-order valence-electron chi connectivity index (χ1n) is 8.40. The van der Waals surface area contributed by atoms with Crippen LogP contribution in [0.15, 0.2) is 54.6 Å². The van der Waals surface area contributed by atoms with Crippen molar-refractivity contribution in [3.8, 4) is 0 Å². The van der Waals surface area contributed by atoms with Crippen molar-refractivity contribution in [3.63, 3.8) is 0 Å². The molecule has 0 spiro atoms. The highest BCUT2D eigenvalue weighted by molar-refractivity contribution is 7.91. The van der Waals surface area contributed by atoms with Crippen LogP contribution in [0.1, 0.15) is 29.6 Å². The van der Waals surface area contributed by atoms with Gasteiger partial charge in [-0.25, -0.2) is 13.1 Å². The van der Waals surface area contributed by atoms with Gasteiger partial charge in [0.05, 0.1) is 18.3 Å². The molecular formula is C18H18ClN5O2S. The Morgan fingerprint density at radius 2 is 1.81 bits per heavy atom. The molecule has 0 radical (unpaired) electrons. The third kappa shape index (κ3) is 3.91. The van der Waals surface area contributed by atoms with Crippen LogP contribution in [0.5, 0.6) is 0 Å². The second-order valence-corrected chi connectivity index (χ2v) is 8.67. The zero-order chi connectivity index (χ0) is 19.0. The van der Waals surface area contributed by atoms with Gasteiger partial charge in [-0.3, -0.25) is 4.72 Å². The molecule has 27 heavy (non-hydrogen) atoms. The summed E-state index contributed by atoms with van der Waals surface area (Å²) in [6.07, 6.45) is 1.81. The number of sulfonamides is 1. The molecule has 0 unspecified atom stereocenters. The van der Waals surface area contributed by atoms with Gasteiger partial charge in [-0.15, -0.1) is 5.10 Å². The van der Waals surface area contributed by atoms with Crippen LogP contribution in [0.25, 0.3) is 0 Å². The van der Waals surface area contributed by atoms with Crippen LogP contribution in [-0.4, -0.2) is 29.4 Å². The summed E-state index contributed by atoms with van der Waals surface area (Å²) in [5, 5.41) is 8.38. The Morgan fingerprint density at radius 1 is 1.11 bits per heavy atom. The number of rotatable bonds is 4. The van der Waals surface area contributed by atoms with Gasteiger partial charge in [-0.1, -0.05) is 54.1 Å². The summed E-state index contributed by atoms with van der Waals surface area (Å²) in [4.78, 5) is 4.33. The summed E-state index contributed by atoms with van der Waals surface area (Å²) in [5.41, 5.74) is 2.15. The smallest absolute Gasteiger partial charge is 0.257 e. The molecule has 0 saturated carbocycles. The highest BCUT2D eigenvalue weighted by Crippen LogP contribution is 2.38. The van der Waals surface area contributed by atoms with E-state index in [0.29, 0.717) is 11.0 Å². The molecule has 2 atom stereocenters. The van der Waals surface area contributed by atoms with Crippen LogP contribution in [0.2, 0.25) is 5.02 Å². The fraction of sp³-hybridized carbons (Fsp3) is 0.222. The summed E-state index contributed by atoms with van der Waals surface area (Å²) in [5.74, 6) is 0.564. The summed E-state index contributed by atoms with van der Waals surface area (Å²) >= 11 is 6.03. The molecule has 2 heterocycles. The lowest BCUT2D eigenvalue weighted by molar-refractivity contribution is 0.431. The highest BCUT2D eigenvalue weighted by Gasteiger charge is 2.31. The Bertz CT molecular complexity index is 1050. The van der Waals surface area contributed by atoms with Gasteiger partial charge in [0.15, 0.2) is 0 Å². The lowest BCUT2D eigenvalue weighted by Gasteiger charge is -2.31. The first-order chi connectivity index (χ1) is 12.9.